The number of primary amides is 1. The molecule has 1 aliphatic rings. The number of urea groups is 1. The van der Waals surface area contributed by atoms with E-state index in [0.29, 0.717) is 55.5 Å². The van der Waals surface area contributed by atoms with E-state index in [9.17, 15) is 48.3 Å². The Morgan fingerprint density at radius 1 is 0.616 bits per heavy atom. The van der Waals surface area contributed by atoms with Crippen LogP contribution in [0, 0.1) is 0 Å². The van der Waals surface area contributed by atoms with Gasteiger partial charge in [0, 0.05) is 50.9 Å². The fourth-order valence-electron chi connectivity index (χ4n) is 9.46. The van der Waals surface area contributed by atoms with Crippen LogP contribution in [0.25, 0.3) is 10.8 Å². The Hall–Kier alpha value is -8.84. The van der Waals surface area contributed by atoms with E-state index in [0.717, 1.165) is 15.8 Å². The Bertz CT molecular complexity index is 2920. The van der Waals surface area contributed by atoms with Gasteiger partial charge in [0.1, 0.15) is 42.0 Å². The van der Waals surface area contributed by atoms with Crippen LogP contribution in [0.3, 0.4) is 0 Å². The molecule has 0 aliphatic carbocycles. The van der Waals surface area contributed by atoms with Gasteiger partial charge in [0.05, 0.1) is 6.54 Å². The van der Waals surface area contributed by atoms with E-state index in [4.69, 9.17) is 17.2 Å². The average molecular weight is 1190 g/mol. The van der Waals surface area contributed by atoms with Crippen LogP contribution in [-0.2, 0) is 57.6 Å². The summed E-state index contributed by atoms with van der Waals surface area (Å²) in [6, 6.07) is 18.9. The molecule has 25 heteroatoms. The molecule has 0 radical (unpaired) electrons. The number of carbonyl (C=O) groups excluding carboxylic acids is 9. The third-order valence-electron chi connectivity index (χ3n) is 14.1. The normalized spacial score (nSPS) is 19.3. The molecule has 0 saturated carbocycles. The molecule has 4 aromatic carbocycles. The fourth-order valence-corrected chi connectivity index (χ4v) is 9.46. The first-order chi connectivity index (χ1) is 41.1. The number of rotatable bonds is 25. The van der Waals surface area contributed by atoms with Gasteiger partial charge < -0.3 is 70.2 Å². The van der Waals surface area contributed by atoms with Crippen LogP contribution in [-0.4, -0.2) is 150 Å². The summed E-state index contributed by atoms with van der Waals surface area (Å²) < 4.78 is 0. The van der Waals surface area contributed by atoms with Crippen molar-refractivity contribution >= 4 is 70.0 Å². The van der Waals surface area contributed by atoms with Gasteiger partial charge in [0.15, 0.2) is 5.96 Å². The number of guanidine groups is 1. The van der Waals surface area contributed by atoms with Crippen molar-refractivity contribution in [3.8, 4) is 5.75 Å². The lowest BCUT2D eigenvalue weighted by molar-refractivity contribution is -0.134. The number of nitrogens with zero attached hydrogens (tertiary/aromatic N) is 2. The molecule has 4 aromatic rings. The molecule has 0 aromatic heterocycles. The molecule has 10 amide bonds. The first-order valence-electron chi connectivity index (χ1n) is 29.4. The van der Waals surface area contributed by atoms with Crippen molar-refractivity contribution in [1.29, 1.82) is 0 Å². The fraction of sp³-hybridized carbons (Fsp3) is 0.475. The van der Waals surface area contributed by atoms with Crippen molar-refractivity contribution in [1.82, 2.24) is 58.3 Å². The standard InChI is InChI=1S/C61H87N15O10/c1-38(2)65-29-11-10-19-46(54(62)80)71-57(83)48-27-28-52(78)70-50(34-40-15-6-5-7-16-40)58(84)73-51(35-41-22-25-45(77)26-23-41)59(85)75-76(32-13-12-30-66-39(3)4)61(86)74-47(20-14-31-67-60(63)64)56(82)72-49(55(81)68-37-53(79)69-48)36-42-21-24-43-17-8-9-18-44(43)33-42/h5-9,15-18,21-26,33,38-39,46-51,65-66,77H,10-14,19-20,27-32,34-37H2,1-4H3,(H2,62,80)(H,68,81)(H,69,79)(H,70,78)(H,71,83)(H,72,82)(H,73,84)(H,74,86)(H,75,85)(H4,63,64,67)/t46-,47+,48+,49-,50-,51-/m0/s1. The van der Waals surface area contributed by atoms with Crippen LogP contribution in [0.1, 0.15) is 102 Å². The van der Waals surface area contributed by atoms with Crippen LogP contribution in [0.5, 0.6) is 5.75 Å². The van der Waals surface area contributed by atoms with E-state index >= 15 is 0 Å². The van der Waals surface area contributed by atoms with Gasteiger partial charge in [-0.05, 0) is 104 Å². The highest BCUT2D eigenvalue weighted by Crippen LogP contribution is 2.18. The number of aromatic hydroxyl groups is 1. The van der Waals surface area contributed by atoms with Crippen LogP contribution in [0.4, 0.5) is 4.79 Å². The predicted molar refractivity (Wildman–Crippen MR) is 327 cm³/mol. The molecule has 1 aliphatic heterocycles. The number of nitrogens with two attached hydrogens (primary N) is 3. The predicted octanol–water partition coefficient (Wildman–Crippen LogP) is 0.804. The number of hydrazine groups is 1. The molecule has 0 spiro atoms. The van der Waals surface area contributed by atoms with Gasteiger partial charge in [0.2, 0.25) is 41.4 Å². The number of amides is 10. The zero-order valence-corrected chi connectivity index (χ0v) is 49.6. The average Bonchev–Trinajstić information content (AvgIpc) is 3.67. The SMILES string of the molecule is CC(C)NCCCC[C@H](NC(=O)[C@H]1CCC(=O)N[C@@H](Cc2ccccc2)C(=O)N[C@@H](Cc2ccc(O)cc2)C(=O)NN(CCCCNC(C)C)C(=O)N[C@H](CCCN=C(N)N)C(=O)N[C@@H](Cc2ccc3ccccc3c2)C(=O)NCC(=O)N1)C(N)=O. The van der Waals surface area contributed by atoms with Gasteiger partial charge in [-0.15, -0.1) is 0 Å². The highest BCUT2D eigenvalue weighted by atomic mass is 16.3. The summed E-state index contributed by atoms with van der Waals surface area (Å²) in [7, 11) is 0. The third kappa shape index (κ3) is 24.4. The van der Waals surface area contributed by atoms with Gasteiger partial charge in [-0.2, -0.15) is 0 Å². The zero-order valence-electron chi connectivity index (χ0n) is 49.6. The van der Waals surface area contributed by atoms with E-state index in [2.05, 4.69) is 58.3 Å². The van der Waals surface area contributed by atoms with Gasteiger partial charge >= 0.3 is 6.03 Å². The van der Waals surface area contributed by atoms with Crippen LogP contribution >= 0.6 is 0 Å². The van der Waals surface area contributed by atoms with Crippen molar-refractivity contribution in [2.75, 3.05) is 32.7 Å². The third-order valence-corrected chi connectivity index (χ3v) is 14.1. The Morgan fingerprint density at radius 2 is 1.20 bits per heavy atom. The van der Waals surface area contributed by atoms with Gasteiger partial charge in [-0.25, -0.2) is 9.80 Å². The molecule has 1 saturated heterocycles. The number of hydrogen-bond acceptors (Lipinski definition) is 13. The molecule has 466 valence electrons. The maximum atomic E-state index is 14.8. The Kier molecular flexibility index (Phi) is 28.0. The summed E-state index contributed by atoms with van der Waals surface area (Å²) in [5.74, 6) is -6.89. The van der Waals surface area contributed by atoms with Crippen LogP contribution in [0.2, 0.25) is 0 Å². The second-order valence-corrected chi connectivity index (χ2v) is 22.0. The second kappa shape index (κ2) is 35.5. The number of hydrogen-bond donors (Lipinski definition) is 14. The van der Waals surface area contributed by atoms with Gasteiger partial charge in [-0.3, -0.25) is 48.8 Å². The zero-order chi connectivity index (χ0) is 62.5. The largest absolute Gasteiger partial charge is 0.508 e. The van der Waals surface area contributed by atoms with E-state index in [1.165, 1.54) is 12.1 Å². The minimum absolute atomic E-state index is 0.0458. The van der Waals surface area contributed by atoms with E-state index in [-0.39, 0.29) is 81.8 Å². The minimum Gasteiger partial charge on any atom is -0.508 e. The topological polar surface area (TPSA) is 388 Å². The number of aliphatic imine (C=N–C) groups is 1. The van der Waals surface area contributed by atoms with Crippen molar-refractivity contribution in [3.05, 3.63) is 114 Å². The molecule has 5 rings (SSSR count). The molecule has 1 fully saturated rings. The Labute approximate surface area is 502 Å². The van der Waals surface area contributed by atoms with Gasteiger partial charge in [0.25, 0.3) is 5.91 Å². The minimum atomic E-state index is -1.50. The molecular weight excluding hydrogens is 1100 g/mol. The second-order valence-electron chi connectivity index (χ2n) is 22.0. The van der Waals surface area contributed by atoms with Crippen molar-refractivity contribution in [2.45, 2.75) is 153 Å². The molecule has 0 unspecified atom stereocenters. The van der Waals surface area contributed by atoms with E-state index < -0.39 is 103 Å². The monoisotopic (exact) mass is 1190 g/mol. The Morgan fingerprint density at radius 3 is 1.85 bits per heavy atom. The number of unbranched alkanes of at least 4 members (excludes halogenated alkanes) is 2. The number of phenols is 1. The molecule has 0 bridgehead atoms. The molecule has 17 N–H and O–H groups in total. The summed E-state index contributed by atoms with van der Waals surface area (Å²) in [4.78, 5) is 133. The first kappa shape index (κ1) is 67.9. The first-order valence-corrected chi connectivity index (χ1v) is 29.4. The number of carbonyl (C=O) groups is 9. The highest BCUT2D eigenvalue weighted by molar-refractivity contribution is 5.97. The van der Waals surface area contributed by atoms with E-state index in [1.54, 1.807) is 48.5 Å². The molecular formula is C61H87N15O10. The Balaban J connectivity index is 1.58. The van der Waals surface area contributed by atoms with Crippen LogP contribution in [0.15, 0.2) is 102 Å². The quantitative estimate of drug-likeness (QED) is 0.0248. The molecule has 6 atom stereocenters. The summed E-state index contributed by atoms with van der Waals surface area (Å²) in [6.07, 6.45) is 1.10. The van der Waals surface area contributed by atoms with Gasteiger partial charge in [-0.1, -0.05) is 113 Å². The lowest BCUT2D eigenvalue weighted by Crippen LogP contribution is -2.61. The number of benzene rings is 4. The van der Waals surface area contributed by atoms with Crippen molar-refractivity contribution < 1.29 is 48.3 Å². The summed E-state index contributed by atoms with van der Waals surface area (Å²) in [5.41, 5.74) is 21.4. The summed E-state index contributed by atoms with van der Waals surface area (Å²) >= 11 is 0. The molecule has 86 heavy (non-hydrogen) atoms. The maximum Gasteiger partial charge on any atom is 0.336 e. The smallest absolute Gasteiger partial charge is 0.336 e. The maximum absolute atomic E-state index is 14.8. The lowest BCUT2D eigenvalue weighted by Gasteiger charge is -2.30. The molecule has 25 nitrogen and oxygen atoms in total. The summed E-state index contributed by atoms with van der Waals surface area (Å²) in [5, 5.41) is 38.4. The lowest BCUT2D eigenvalue weighted by atomic mass is 10.0. The number of nitrogens with one attached hydrogen (secondary N) is 10. The van der Waals surface area contributed by atoms with E-state index in [1.807, 2.05) is 64.1 Å². The number of phenolic OH excluding ortho intramolecular Hbond substituents is 1. The summed E-state index contributed by atoms with van der Waals surface area (Å²) in [6.45, 7) is 8.39. The molecule has 1 heterocycles. The van der Waals surface area contributed by atoms with Crippen molar-refractivity contribution in [2.24, 2.45) is 22.2 Å². The van der Waals surface area contributed by atoms with Crippen LogP contribution < -0.4 is 70.5 Å². The van der Waals surface area contributed by atoms with Crippen molar-refractivity contribution in [3.63, 3.8) is 0 Å². The highest BCUT2D eigenvalue weighted by Gasteiger charge is 2.34. The number of fused-ring (bicyclic) bond motifs is 1.